The highest BCUT2D eigenvalue weighted by atomic mass is 16.5. The molecule has 6 heteroatoms. The van der Waals surface area contributed by atoms with E-state index in [1.807, 2.05) is 6.08 Å². The molecule has 2 atom stereocenters. The van der Waals surface area contributed by atoms with Crippen LogP contribution in [-0.2, 0) is 14.3 Å². The van der Waals surface area contributed by atoms with Gasteiger partial charge in [-0.25, -0.2) is 0 Å². The maximum atomic E-state index is 12.5. The Kier molecular flexibility index (Phi) is 67.9. The average Bonchev–Trinajstić information content (AvgIpc) is 3.45. The highest BCUT2D eigenvalue weighted by molar-refractivity contribution is 5.76. The molecular weight excluding hydrogens is 971 g/mol. The van der Waals surface area contributed by atoms with Crippen molar-refractivity contribution in [1.29, 1.82) is 0 Å². The lowest BCUT2D eigenvalue weighted by atomic mass is 10.0. The quantitative estimate of drug-likeness (QED) is 0.0320. The van der Waals surface area contributed by atoms with Gasteiger partial charge in [0, 0.05) is 12.8 Å². The summed E-state index contributed by atoms with van der Waals surface area (Å²) < 4.78 is 5.51. The molecule has 0 spiro atoms. The van der Waals surface area contributed by atoms with Crippen LogP contribution in [0.3, 0.4) is 0 Å². The molecule has 0 fully saturated rings. The Morgan fingerprint density at radius 2 is 0.582 bits per heavy atom. The van der Waals surface area contributed by atoms with Crippen molar-refractivity contribution in [2.45, 2.75) is 431 Å². The Hall–Kier alpha value is -1.40. The van der Waals surface area contributed by atoms with Crippen LogP contribution in [-0.4, -0.2) is 47.4 Å². The molecule has 0 aromatic carbocycles. The number of unbranched alkanes of at least 4 members (excludes halogenated alkanes) is 58. The Labute approximate surface area is 495 Å². The van der Waals surface area contributed by atoms with Crippen LogP contribution in [0.4, 0.5) is 0 Å². The fourth-order valence-corrected chi connectivity index (χ4v) is 11.8. The molecule has 0 aromatic heterocycles. The molecule has 0 rings (SSSR count). The van der Waals surface area contributed by atoms with Crippen LogP contribution in [0.1, 0.15) is 418 Å². The molecular formula is C73H143NO5. The highest BCUT2D eigenvalue weighted by Crippen LogP contribution is 2.19. The predicted molar refractivity (Wildman–Crippen MR) is 347 cm³/mol. The first-order valence-corrected chi connectivity index (χ1v) is 36.5. The van der Waals surface area contributed by atoms with Gasteiger partial charge in [-0.15, -0.1) is 0 Å². The van der Waals surface area contributed by atoms with Crippen molar-refractivity contribution in [2.75, 3.05) is 13.2 Å². The fraction of sp³-hybridized carbons (Fsp3) is 0.945. The van der Waals surface area contributed by atoms with E-state index in [2.05, 4.69) is 19.2 Å². The van der Waals surface area contributed by atoms with E-state index in [4.69, 9.17) is 4.74 Å². The van der Waals surface area contributed by atoms with Gasteiger partial charge in [0.2, 0.25) is 5.91 Å². The van der Waals surface area contributed by atoms with Crippen LogP contribution >= 0.6 is 0 Å². The Bertz CT molecular complexity index is 1190. The van der Waals surface area contributed by atoms with Crippen molar-refractivity contribution in [3.63, 3.8) is 0 Å². The molecule has 0 aromatic rings. The van der Waals surface area contributed by atoms with E-state index in [1.165, 1.54) is 353 Å². The minimum Gasteiger partial charge on any atom is -0.466 e. The zero-order valence-corrected chi connectivity index (χ0v) is 53.9. The summed E-state index contributed by atoms with van der Waals surface area (Å²) in [6, 6.07) is -0.623. The van der Waals surface area contributed by atoms with E-state index in [1.54, 1.807) is 6.08 Å². The van der Waals surface area contributed by atoms with Gasteiger partial charge in [-0.2, -0.15) is 0 Å². The lowest BCUT2D eigenvalue weighted by molar-refractivity contribution is -0.143. The number of rotatable bonds is 69. The normalized spacial score (nSPS) is 12.5. The summed E-state index contributed by atoms with van der Waals surface area (Å²) in [5, 5.41) is 23.1. The number of aliphatic hydroxyl groups is 2. The van der Waals surface area contributed by atoms with Crippen molar-refractivity contribution >= 4 is 11.9 Å². The minimum absolute atomic E-state index is 0.0253. The first-order valence-electron chi connectivity index (χ1n) is 36.5. The standard InChI is InChI=1S/C73H143NO5/c1-3-5-7-9-11-13-15-17-19-35-39-43-47-51-55-59-63-67-73(78)79-68-64-60-56-52-48-44-40-37-34-32-30-28-26-24-22-20-21-23-25-27-29-31-33-36-38-42-46-50-54-58-62-66-72(77)74-70(69-75)71(76)65-61-57-53-49-45-41-18-16-14-12-10-8-6-4-2/h61,65,70-71,75-76H,3-60,62-64,66-69H2,1-2H3,(H,74,77)/b65-61+. The number of allylic oxidation sites excluding steroid dienone is 1. The third kappa shape index (κ3) is 65.6. The molecule has 470 valence electrons. The van der Waals surface area contributed by atoms with Gasteiger partial charge in [-0.05, 0) is 32.1 Å². The SMILES string of the molecule is CCCCCCCCCCCCCC/C=C/C(O)C(CO)NC(=O)CCCCCCCCCCCCCCCCCCCCCCCCCCCCCCCCCOC(=O)CCCCCCCCCCCCCCCCCCC. The molecule has 2 unspecified atom stereocenters. The summed E-state index contributed by atoms with van der Waals surface area (Å²) in [6.45, 7) is 4.95. The third-order valence-corrected chi connectivity index (χ3v) is 17.3. The van der Waals surface area contributed by atoms with Gasteiger partial charge in [0.15, 0.2) is 0 Å². The number of nitrogens with one attached hydrogen (secondary N) is 1. The number of aliphatic hydroxyl groups excluding tert-OH is 2. The molecule has 79 heavy (non-hydrogen) atoms. The van der Waals surface area contributed by atoms with Gasteiger partial charge in [0.05, 0.1) is 25.4 Å². The van der Waals surface area contributed by atoms with E-state index >= 15 is 0 Å². The maximum Gasteiger partial charge on any atom is 0.305 e. The largest absolute Gasteiger partial charge is 0.466 e. The van der Waals surface area contributed by atoms with Crippen LogP contribution in [0.15, 0.2) is 12.2 Å². The molecule has 0 aliphatic heterocycles. The first kappa shape index (κ1) is 77.6. The predicted octanol–water partition coefficient (Wildman–Crippen LogP) is 23.5. The zero-order valence-electron chi connectivity index (χ0n) is 53.9. The third-order valence-electron chi connectivity index (χ3n) is 17.3. The van der Waals surface area contributed by atoms with E-state index in [9.17, 15) is 19.8 Å². The molecule has 6 nitrogen and oxygen atoms in total. The number of hydrogen-bond donors (Lipinski definition) is 3. The smallest absolute Gasteiger partial charge is 0.305 e. The van der Waals surface area contributed by atoms with Crippen molar-refractivity contribution in [2.24, 2.45) is 0 Å². The summed E-state index contributed by atoms with van der Waals surface area (Å²) in [6.07, 6.45) is 86.0. The van der Waals surface area contributed by atoms with E-state index in [-0.39, 0.29) is 18.5 Å². The average molecular weight is 1110 g/mol. The minimum atomic E-state index is -0.840. The monoisotopic (exact) mass is 1110 g/mol. The Morgan fingerprint density at radius 3 is 0.861 bits per heavy atom. The van der Waals surface area contributed by atoms with Gasteiger partial charge < -0.3 is 20.3 Å². The maximum absolute atomic E-state index is 12.5. The van der Waals surface area contributed by atoms with Crippen molar-refractivity contribution in [1.82, 2.24) is 5.32 Å². The van der Waals surface area contributed by atoms with Gasteiger partial charge in [-0.3, -0.25) is 9.59 Å². The van der Waals surface area contributed by atoms with Crippen molar-refractivity contribution in [3.8, 4) is 0 Å². The van der Waals surface area contributed by atoms with E-state index in [0.29, 0.717) is 19.4 Å². The molecule has 0 saturated heterocycles. The number of hydrogen-bond acceptors (Lipinski definition) is 5. The summed E-state index contributed by atoms with van der Waals surface area (Å²) >= 11 is 0. The summed E-state index contributed by atoms with van der Waals surface area (Å²) in [7, 11) is 0. The van der Waals surface area contributed by atoms with Gasteiger partial charge in [-0.1, -0.05) is 386 Å². The second-order valence-corrected chi connectivity index (χ2v) is 25.3. The van der Waals surface area contributed by atoms with E-state index in [0.717, 1.165) is 38.5 Å². The Balaban J connectivity index is 3.31. The molecule has 0 aliphatic carbocycles. The zero-order chi connectivity index (χ0) is 57.1. The summed E-state index contributed by atoms with van der Waals surface area (Å²) in [5.74, 6) is -0.0358. The Morgan fingerprint density at radius 1 is 0.342 bits per heavy atom. The number of carbonyl (C=O) groups is 2. The molecule has 1 amide bonds. The van der Waals surface area contributed by atoms with Gasteiger partial charge >= 0.3 is 5.97 Å². The molecule has 0 heterocycles. The molecule has 0 saturated carbocycles. The molecule has 0 radical (unpaired) electrons. The topological polar surface area (TPSA) is 95.9 Å². The van der Waals surface area contributed by atoms with Crippen LogP contribution in [0, 0.1) is 0 Å². The first-order chi connectivity index (χ1) is 39.0. The number of ether oxygens (including phenoxy) is 1. The van der Waals surface area contributed by atoms with Crippen LogP contribution in [0.5, 0.6) is 0 Å². The number of amides is 1. The van der Waals surface area contributed by atoms with Crippen molar-refractivity contribution in [3.05, 3.63) is 12.2 Å². The summed E-state index contributed by atoms with van der Waals surface area (Å²) in [4.78, 5) is 24.6. The van der Waals surface area contributed by atoms with Gasteiger partial charge in [0.25, 0.3) is 0 Å². The lowest BCUT2D eigenvalue weighted by Gasteiger charge is -2.20. The molecule has 0 bridgehead atoms. The second kappa shape index (κ2) is 69.1. The van der Waals surface area contributed by atoms with Crippen molar-refractivity contribution < 1.29 is 24.5 Å². The fourth-order valence-electron chi connectivity index (χ4n) is 11.8. The van der Waals surface area contributed by atoms with Crippen LogP contribution in [0.2, 0.25) is 0 Å². The summed E-state index contributed by atoms with van der Waals surface area (Å²) in [5.41, 5.74) is 0. The lowest BCUT2D eigenvalue weighted by Crippen LogP contribution is -2.45. The van der Waals surface area contributed by atoms with Gasteiger partial charge in [0.1, 0.15) is 0 Å². The van der Waals surface area contributed by atoms with Crippen LogP contribution in [0.25, 0.3) is 0 Å². The van der Waals surface area contributed by atoms with Crippen LogP contribution < -0.4 is 5.32 Å². The molecule has 0 aliphatic rings. The number of carbonyl (C=O) groups excluding carboxylic acids is 2. The highest BCUT2D eigenvalue weighted by Gasteiger charge is 2.18. The molecule has 3 N–H and O–H groups in total. The van der Waals surface area contributed by atoms with E-state index < -0.39 is 12.1 Å². The number of esters is 1. The second-order valence-electron chi connectivity index (χ2n) is 25.3.